The number of thiazole rings is 1. The molecule has 0 bridgehead atoms. The highest BCUT2D eigenvalue weighted by Gasteiger charge is 2.21. The van der Waals surface area contributed by atoms with E-state index < -0.39 is 15.8 Å². The highest BCUT2D eigenvalue weighted by atomic mass is 35.5. The van der Waals surface area contributed by atoms with Crippen molar-refractivity contribution in [2.75, 3.05) is 10.0 Å². The lowest BCUT2D eigenvalue weighted by Crippen LogP contribution is -2.17. The molecule has 9 heteroatoms. The molecule has 4 rings (SSSR count). The number of anilines is 2. The zero-order chi connectivity index (χ0) is 23.6. The summed E-state index contributed by atoms with van der Waals surface area (Å²) in [7, 11) is -3.93. The van der Waals surface area contributed by atoms with Gasteiger partial charge in [-0.1, -0.05) is 60.8 Å². The van der Waals surface area contributed by atoms with Gasteiger partial charge in [-0.3, -0.25) is 4.72 Å². The number of hydrogen-bond acceptors (Lipinski definition) is 5. The van der Waals surface area contributed by atoms with Crippen LogP contribution < -0.4 is 10.0 Å². The quantitative estimate of drug-likeness (QED) is 0.347. The minimum Gasteiger partial charge on any atom is -0.359 e. The second-order valence-corrected chi connectivity index (χ2v) is 11.5. The van der Waals surface area contributed by atoms with E-state index in [4.69, 9.17) is 16.6 Å². The molecule has 0 radical (unpaired) electrons. The van der Waals surface area contributed by atoms with Crippen molar-refractivity contribution in [2.24, 2.45) is 0 Å². The van der Waals surface area contributed by atoms with Crippen LogP contribution in [0.5, 0.6) is 0 Å². The van der Waals surface area contributed by atoms with Crippen molar-refractivity contribution in [1.29, 1.82) is 0 Å². The Hall–Kier alpha value is -2.16. The van der Waals surface area contributed by atoms with Crippen molar-refractivity contribution < 1.29 is 12.8 Å². The Morgan fingerprint density at radius 3 is 2.48 bits per heavy atom. The van der Waals surface area contributed by atoms with E-state index in [1.54, 1.807) is 30.4 Å². The second kappa shape index (κ2) is 9.99. The summed E-state index contributed by atoms with van der Waals surface area (Å²) in [6.07, 6.45) is 7.35. The zero-order valence-corrected chi connectivity index (χ0v) is 21.0. The summed E-state index contributed by atoms with van der Waals surface area (Å²) in [6, 6.07) is 9.34. The maximum atomic E-state index is 13.3. The predicted octanol–water partition coefficient (Wildman–Crippen LogP) is 7.15. The van der Waals surface area contributed by atoms with E-state index in [-0.39, 0.29) is 15.6 Å². The van der Waals surface area contributed by atoms with Crippen molar-refractivity contribution in [3.8, 4) is 10.4 Å². The lowest BCUT2D eigenvalue weighted by Gasteiger charge is -2.14. The second-order valence-electron chi connectivity index (χ2n) is 8.48. The monoisotopic (exact) mass is 507 g/mol. The molecule has 2 N–H and O–H groups in total. The summed E-state index contributed by atoms with van der Waals surface area (Å²) < 4.78 is 42.1. The molecule has 0 amide bonds. The average molecular weight is 508 g/mol. The lowest BCUT2D eigenvalue weighted by molar-refractivity contribution is 0.600. The van der Waals surface area contributed by atoms with E-state index >= 15 is 0 Å². The zero-order valence-electron chi connectivity index (χ0n) is 18.6. The van der Waals surface area contributed by atoms with Gasteiger partial charge in [0.1, 0.15) is 5.82 Å². The predicted molar refractivity (Wildman–Crippen MR) is 134 cm³/mol. The number of nitrogens with one attached hydrogen (secondary N) is 2. The summed E-state index contributed by atoms with van der Waals surface area (Å²) >= 11 is 7.57. The number of benzene rings is 2. The van der Waals surface area contributed by atoms with E-state index in [1.165, 1.54) is 31.7 Å². The van der Waals surface area contributed by atoms with Gasteiger partial charge in [0, 0.05) is 6.04 Å². The molecule has 0 spiro atoms. The summed E-state index contributed by atoms with van der Waals surface area (Å²) in [5.41, 5.74) is 2.38. The fourth-order valence-electron chi connectivity index (χ4n) is 4.13. The molecule has 1 aliphatic carbocycles. The topological polar surface area (TPSA) is 71.1 Å². The van der Waals surface area contributed by atoms with Crippen LogP contribution >= 0.6 is 22.9 Å². The molecule has 0 unspecified atom stereocenters. The molecule has 33 heavy (non-hydrogen) atoms. The van der Waals surface area contributed by atoms with Crippen molar-refractivity contribution in [3.63, 3.8) is 0 Å². The molecule has 176 valence electrons. The SMILES string of the molecule is Cc1ccc(-c2sc(NC3CCCCCC3)nc2C)cc1S(=O)(=O)Nc1ccc(F)cc1Cl. The fraction of sp³-hybridized carbons (Fsp3) is 0.375. The van der Waals surface area contributed by atoms with Gasteiger partial charge in [0.25, 0.3) is 10.0 Å². The first-order valence-corrected chi connectivity index (χ1v) is 13.7. The Kier molecular flexibility index (Phi) is 7.26. The minimum atomic E-state index is -3.93. The van der Waals surface area contributed by atoms with Crippen molar-refractivity contribution in [1.82, 2.24) is 4.98 Å². The molecule has 0 saturated heterocycles. The van der Waals surface area contributed by atoms with Gasteiger partial charge in [0.05, 0.1) is 26.2 Å². The van der Waals surface area contributed by atoms with E-state index in [1.807, 2.05) is 13.0 Å². The first kappa shape index (κ1) is 24.0. The van der Waals surface area contributed by atoms with Crippen LogP contribution in [-0.2, 0) is 10.0 Å². The first-order chi connectivity index (χ1) is 15.7. The average Bonchev–Trinajstić information content (AvgIpc) is 2.94. The molecular formula is C24H27ClFN3O2S2. The van der Waals surface area contributed by atoms with Crippen molar-refractivity contribution in [2.45, 2.75) is 63.3 Å². The molecule has 0 aliphatic heterocycles. The van der Waals surface area contributed by atoms with Gasteiger partial charge in [-0.15, -0.1) is 0 Å². The van der Waals surface area contributed by atoms with Crippen LogP contribution in [0, 0.1) is 19.7 Å². The molecule has 0 atom stereocenters. The minimum absolute atomic E-state index is 0.0000807. The van der Waals surface area contributed by atoms with E-state index in [0.29, 0.717) is 11.6 Å². The molecule has 1 saturated carbocycles. The number of aryl methyl sites for hydroxylation is 2. The fourth-order valence-corrected chi connectivity index (χ4v) is 6.79. The number of rotatable bonds is 6. The van der Waals surface area contributed by atoms with Crippen LogP contribution in [0.3, 0.4) is 0 Å². The standard InChI is InChI=1S/C24H27ClFN3O2S2/c1-15-9-10-17(13-22(15)33(30,31)29-21-12-11-18(26)14-20(21)25)23-16(2)27-24(32-23)28-19-7-5-3-4-6-8-19/h9-14,19,29H,3-8H2,1-2H3,(H,27,28). The maximum Gasteiger partial charge on any atom is 0.262 e. The van der Waals surface area contributed by atoms with Crippen molar-refractivity contribution >= 4 is 43.8 Å². The molecule has 2 aromatic carbocycles. The summed E-state index contributed by atoms with van der Waals surface area (Å²) in [5, 5.41) is 4.45. The third-order valence-electron chi connectivity index (χ3n) is 5.89. The van der Waals surface area contributed by atoms with Crippen LogP contribution in [-0.4, -0.2) is 19.4 Å². The van der Waals surface area contributed by atoms with Crippen LogP contribution in [0.25, 0.3) is 10.4 Å². The molecule has 1 heterocycles. The third-order valence-corrected chi connectivity index (χ3v) is 8.85. The third kappa shape index (κ3) is 5.67. The van der Waals surface area contributed by atoms with Gasteiger partial charge >= 0.3 is 0 Å². The van der Waals surface area contributed by atoms with Gasteiger partial charge in [0.2, 0.25) is 0 Å². The number of aromatic nitrogens is 1. The molecule has 1 fully saturated rings. The number of nitrogens with zero attached hydrogens (tertiary/aromatic N) is 1. The Bertz CT molecular complexity index is 1250. The number of sulfonamides is 1. The summed E-state index contributed by atoms with van der Waals surface area (Å²) in [4.78, 5) is 5.78. The Morgan fingerprint density at radius 2 is 1.79 bits per heavy atom. The number of hydrogen-bond donors (Lipinski definition) is 2. The Labute approximate surface area is 203 Å². The van der Waals surface area contributed by atoms with E-state index in [0.717, 1.165) is 46.2 Å². The smallest absolute Gasteiger partial charge is 0.262 e. The van der Waals surface area contributed by atoms with Crippen LogP contribution in [0.4, 0.5) is 15.2 Å². The first-order valence-electron chi connectivity index (χ1n) is 11.1. The normalized spacial score (nSPS) is 15.3. The van der Waals surface area contributed by atoms with Crippen molar-refractivity contribution in [3.05, 3.63) is 58.5 Å². The van der Waals surface area contributed by atoms with Crippen LogP contribution in [0.2, 0.25) is 5.02 Å². The van der Waals surface area contributed by atoms with Crippen LogP contribution in [0.1, 0.15) is 49.8 Å². The van der Waals surface area contributed by atoms with Crippen LogP contribution in [0.15, 0.2) is 41.3 Å². The molecule has 1 aromatic heterocycles. The van der Waals surface area contributed by atoms with E-state index in [2.05, 4.69) is 10.0 Å². The summed E-state index contributed by atoms with van der Waals surface area (Å²) in [6.45, 7) is 3.68. The number of halogens is 2. The van der Waals surface area contributed by atoms with Gasteiger partial charge in [-0.05, 0) is 62.1 Å². The van der Waals surface area contributed by atoms with E-state index in [9.17, 15) is 12.8 Å². The largest absolute Gasteiger partial charge is 0.359 e. The molecule has 3 aromatic rings. The Morgan fingerprint density at radius 1 is 1.06 bits per heavy atom. The lowest BCUT2D eigenvalue weighted by atomic mass is 10.1. The molecule has 5 nitrogen and oxygen atoms in total. The summed E-state index contributed by atoms with van der Waals surface area (Å²) in [5.74, 6) is -0.532. The molecule has 1 aliphatic rings. The molecular weight excluding hydrogens is 481 g/mol. The highest BCUT2D eigenvalue weighted by molar-refractivity contribution is 7.92. The Balaban J connectivity index is 1.61. The maximum absolute atomic E-state index is 13.3. The van der Waals surface area contributed by atoms with Gasteiger partial charge in [0.15, 0.2) is 5.13 Å². The van der Waals surface area contributed by atoms with Gasteiger partial charge < -0.3 is 5.32 Å². The van der Waals surface area contributed by atoms with Gasteiger partial charge in [-0.2, -0.15) is 0 Å². The van der Waals surface area contributed by atoms with Gasteiger partial charge in [-0.25, -0.2) is 17.8 Å². The highest BCUT2D eigenvalue weighted by Crippen LogP contribution is 2.36.